The Labute approximate surface area is 155 Å². The van der Waals surface area contributed by atoms with Crippen LogP contribution < -0.4 is 10.6 Å². The van der Waals surface area contributed by atoms with Crippen LogP contribution >= 0.6 is 0 Å². The van der Waals surface area contributed by atoms with E-state index >= 15 is 0 Å². The Kier molecular flexibility index (Phi) is 7.18. The largest absolute Gasteiger partial charge is 0.416 e. The molecular formula is C19H21F4N3O. The predicted molar refractivity (Wildman–Crippen MR) is 95.6 cm³/mol. The summed E-state index contributed by atoms with van der Waals surface area (Å²) >= 11 is 0. The molecule has 2 N–H and O–H groups in total. The molecule has 0 heterocycles. The number of guanidine groups is 1. The van der Waals surface area contributed by atoms with E-state index in [1.807, 2.05) is 24.3 Å². The van der Waals surface area contributed by atoms with Gasteiger partial charge in [-0.05, 0) is 28.8 Å². The highest BCUT2D eigenvalue weighted by molar-refractivity contribution is 5.79. The minimum atomic E-state index is -4.63. The minimum Gasteiger partial charge on any atom is -0.380 e. The van der Waals surface area contributed by atoms with E-state index in [9.17, 15) is 17.6 Å². The zero-order valence-electron chi connectivity index (χ0n) is 15.0. The van der Waals surface area contributed by atoms with Gasteiger partial charge in [-0.2, -0.15) is 13.2 Å². The number of halogens is 4. The van der Waals surface area contributed by atoms with E-state index in [4.69, 9.17) is 4.74 Å². The Balaban J connectivity index is 2.03. The number of benzene rings is 2. The summed E-state index contributed by atoms with van der Waals surface area (Å²) in [5, 5.41) is 5.88. The Morgan fingerprint density at radius 2 is 1.63 bits per heavy atom. The number of hydrogen-bond acceptors (Lipinski definition) is 2. The molecule has 146 valence electrons. The lowest BCUT2D eigenvalue weighted by Crippen LogP contribution is -2.37. The van der Waals surface area contributed by atoms with Gasteiger partial charge in [-0.25, -0.2) is 4.39 Å². The van der Waals surface area contributed by atoms with E-state index in [0.29, 0.717) is 25.2 Å². The van der Waals surface area contributed by atoms with E-state index < -0.39 is 17.6 Å². The maximum Gasteiger partial charge on any atom is 0.416 e. The summed E-state index contributed by atoms with van der Waals surface area (Å²) in [5.41, 5.74) is 0.920. The number of alkyl halides is 3. The Bertz CT molecular complexity index is 791. The molecule has 0 radical (unpaired) electrons. The van der Waals surface area contributed by atoms with Crippen molar-refractivity contribution in [2.75, 3.05) is 14.2 Å². The van der Waals surface area contributed by atoms with Gasteiger partial charge in [0, 0.05) is 27.2 Å². The Morgan fingerprint density at radius 3 is 2.22 bits per heavy atom. The van der Waals surface area contributed by atoms with Gasteiger partial charge in [-0.1, -0.05) is 30.3 Å². The first-order chi connectivity index (χ1) is 12.8. The molecule has 2 aromatic carbocycles. The topological polar surface area (TPSA) is 45.7 Å². The number of ether oxygens (including phenoxy) is 1. The molecule has 2 aromatic rings. The molecule has 4 nitrogen and oxygen atoms in total. The first kappa shape index (κ1) is 20.7. The standard InChI is InChI=1S/C19H21F4N3O/c1-24-18(25-10-13-5-3-4-6-15(13)12-27-2)26-11-14-7-8-16(20)9-17(14)19(21,22)23/h3-9H,10-12H2,1-2H3,(H2,24,25,26). The van der Waals surface area contributed by atoms with Crippen molar-refractivity contribution < 1.29 is 22.3 Å². The lowest BCUT2D eigenvalue weighted by Gasteiger charge is -2.16. The molecule has 0 amide bonds. The second-order valence-corrected chi connectivity index (χ2v) is 5.78. The lowest BCUT2D eigenvalue weighted by molar-refractivity contribution is -0.138. The molecule has 0 bridgehead atoms. The number of nitrogens with zero attached hydrogens (tertiary/aromatic N) is 1. The molecule has 27 heavy (non-hydrogen) atoms. The molecule has 2 rings (SSSR count). The van der Waals surface area contributed by atoms with Crippen LogP contribution in [-0.4, -0.2) is 20.1 Å². The highest BCUT2D eigenvalue weighted by Crippen LogP contribution is 2.32. The maximum absolute atomic E-state index is 13.2. The zero-order chi connectivity index (χ0) is 19.9. The van der Waals surface area contributed by atoms with Gasteiger partial charge in [-0.15, -0.1) is 0 Å². The van der Waals surface area contributed by atoms with Gasteiger partial charge < -0.3 is 15.4 Å². The normalized spacial score (nSPS) is 12.1. The smallest absolute Gasteiger partial charge is 0.380 e. The van der Waals surface area contributed by atoms with Crippen molar-refractivity contribution in [2.45, 2.75) is 25.9 Å². The summed E-state index contributed by atoms with van der Waals surface area (Å²) in [6.45, 7) is 0.734. The van der Waals surface area contributed by atoms with E-state index in [-0.39, 0.29) is 12.1 Å². The van der Waals surface area contributed by atoms with Crippen molar-refractivity contribution >= 4 is 5.96 Å². The summed E-state index contributed by atoms with van der Waals surface area (Å²) in [7, 11) is 3.12. The summed E-state index contributed by atoms with van der Waals surface area (Å²) in [6, 6.07) is 10.3. The van der Waals surface area contributed by atoms with Crippen LogP contribution in [0.2, 0.25) is 0 Å². The molecule has 0 aliphatic rings. The number of rotatable bonds is 6. The SMILES string of the molecule is CN=C(NCc1ccccc1COC)NCc1ccc(F)cc1C(F)(F)F. The van der Waals surface area contributed by atoms with Crippen molar-refractivity contribution in [3.63, 3.8) is 0 Å². The second kappa shape index (κ2) is 9.36. The fraction of sp³-hybridized carbons (Fsp3) is 0.316. The third-order valence-corrected chi connectivity index (χ3v) is 3.91. The molecule has 0 saturated heterocycles. The van der Waals surface area contributed by atoms with Gasteiger partial charge in [-0.3, -0.25) is 4.99 Å². The molecule has 0 saturated carbocycles. The summed E-state index contributed by atoms with van der Waals surface area (Å²) < 4.78 is 57.5. The van der Waals surface area contributed by atoms with Crippen LogP contribution in [0.4, 0.5) is 17.6 Å². The minimum absolute atomic E-state index is 0.0633. The van der Waals surface area contributed by atoms with Crippen LogP contribution in [0.25, 0.3) is 0 Å². The number of hydrogen-bond donors (Lipinski definition) is 2. The van der Waals surface area contributed by atoms with Gasteiger partial charge in [0.25, 0.3) is 0 Å². The van der Waals surface area contributed by atoms with Crippen molar-refractivity contribution in [1.29, 1.82) is 0 Å². The monoisotopic (exact) mass is 383 g/mol. The highest BCUT2D eigenvalue weighted by atomic mass is 19.4. The van der Waals surface area contributed by atoms with Crippen LogP contribution in [-0.2, 0) is 30.6 Å². The highest BCUT2D eigenvalue weighted by Gasteiger charge is 2.33. The molecule has 0 unspecified atom stereocenters. The first-order valence-corrected chi connectivity index (χ1v) is 8.21. The van der Waals surface area contributed by atoms with Crippen molar-refractivity contribution in [2.24, 2.45) is 4.99 Å². The molecule has 0 aromatic heterocycles. The van der Waals surface area contributed by atoms with Gasteiger partial charge >= 0.3 is 6.18 Å². The molecular weight excluding hydrogens is 362 g/mol. The van der Waals surface area contributed by atoms with Crippen LogP contribution in [0.1, 0.15) is 22.3 Å². The Hall–Kier alpha value is -2.61. The quantitative estimate of drug-likeness (QED) is 0.452. The molecule has 0 aliphatic carbocycles. The summed E-state index contributed by atoms with van der Waals surface area (Å²) in [4.78, 5) is 4.01. The molecule has 0 atom stereocenters. The van der Waals surface area contributed by atoms with E-state index in [1.165, 1.54) is 7.05 Å². The lowest BCUT2D eigenvalue weighted by atomic mass is 10.1. The fourth-order valence-electron chi connectivity index (χ4n) is 2.57. The van der Waals surface area contributed by atoms with Gasteiger partial charge in [0.1, 0.15) is 5.82 Å². The molecule has 0 fully saturated rings. The molecule has 8 heteroatoms. The maximum atomic E-state index is 13.2. The van der Waals surface area contributed by atoms with Crippen LogP contribution in [0, 0.1) is 5.82 Å². The average Bonchev–Trinajstić information content (AvgIpc) is 2.63. The molecule has 0 aliphatic heterocycles. The summed E-state index contributed by atoms with van der Waals surface area (Å²) in [5.74, 6) is -0.594. The average molecular weight is 383 g/mol. The van der Waals surface area contributed by atoms with Crippen molar-refractivity contribution in [1.82, 2.24) is 10.6 Å². The number of nitrogens with one attached hydrogen (secondary N) is 2. The zero-order valence-corrected chi connectivity index (χ0v) is 15.0. The number of methoxy groups -OCH3 is 1. The van der Waals surface area contributed by atoms with Crippen molar-refractivity contribution in [3.8, 4) is 0 Å². The molecule has 0 spiro atoms. The van der Waals surface area contributed by atoms with Crippen molar-refractivity contribution in [3.05, 3.63) is 70.5 Å². The van der Waals surface area contributed by atoms with Crippen LogP contribution in [0.15, 0.2) is 47.5 Å². The third-order valence-electron chi connectivity index (χ3n) is 3.91. The van der Waals surface area contributed by atoms with Crippen LogP contribution in [0.3, 0.4) is 0 Å². The van der Waals surface area contributed by atoms with E-state index in [1.54, 1.807) is 7.11 Å². The van der Waals surface area contributed by atoms with Gasteiger partial charge in [0.2, 0.25) is 0 Å². The first-order valence-electron chi connectivity index (χ1n) is 8.21. The van der Waals surface area contributed by atoms with E-state index in [2.05, 4.69) is 15.6 Å². The number of aliphatic imine (C=N–C) groups is 1. The fourth-order valence-corrected chi connectivity index (χ4v) is 2.57. The second-order valence-electron chi connectivity index (χ2n) is 5.78. The third kappa shape index (κ3) is 5.96. The summed E-state index contributed by atoms with van der Waals surface area (Å²) in [6.07, 6.45) is -4.63. The predicted octanol–water partition coefficient (Wildman–Crippen LogP) is 3.86. The Morgan fingerprint density at radius 1 is 1.00 bits per heavy atom. The van der Waals surface area contributed by atoms with E-state index in [0.717, 1.165) is 23.3 Å². The van der Waals surface area contributed by atoms with Gasteiger partial charge in [0.15, 0.2) is 5.96 Å². The van der Waals surface area contributed by atoms with Crippen LogP contribution in [0.5, 0.6) is 0 Å². The van der Waals surface area contributed by atoms with Gasteiger partial charge in [0.05, 0.1) is 12.2 Å².